The van der Waals surface area contributed by atoms with Crippen LogP contribution in [0.4, 0.5) is 0 Å². The molecule has 0 atom stereocenters. The van der Waals surface area contributed by atoms with Crippen molar-refractivity contribution in [3.05, 3.63) is 31.9 Å². The third kappa shape index (κ3) is 1.43. The van der Waals surface area contributed by atoms with Gasteiger partial charge in [-0.15, -0.1) is 0 Å². The van der Waals surface area contributed by atoms with Gasteiger partial charge in [0, 0.05) is 9.77 Å². The van der Waals surface area contributed by atoms with Crippen molar-refractivity contribution in [3.8, 4) is 0 Å². The van der Waals surface area contributed by atoms with Crippen LogP contribution in [0.3, 0.4) is 0 Å². The number of pyridine rings is 1. The Balaban J connectivity index is 2.97. The minimum Gasteiger partial charge on any atom is -0.304 e. The molecule has 2 aromatic heterocycles. The Morgan fingerprint density at radius 1 is 1.54 bits per heavy atom. The van der Waals surface area contributed by atoms with Crippen LogP contribution in [0.5, 0.6) is 0 Å². The Labute approximate surface area is 87.6 Å². The summed E-state index contributed by atoms with van der Waals surface area (Å²) in [5.74, 6) is 0. The summed E-state index contributed by atoms with van der Waals surface area (Å²) in [6.07, 6.45) is 1.65. The van der Waals surface area contributed by atoms with E-state index in [1.165, 1.54) is 0 Å². The van der Waals surface area contributed by atoms with Crippen molar-refractivity contribution < 1.29 is 0 Å². The number of halogens is 1. The van der Waals surface area contributed by atoms with Crippen LogP contribution in [0.2, 0.25) is 0 Å². The van der Waals surface area contributed by atoms with Crippen LogP contribution in [-0.4, -0.2) is 15.0 Å². The molecule has 0 unspecified atom stereocenters. The molecule has 2 aromatic rings. The van der Waals surface area contributed by atoms with Crippen molar-refractivity contribution in [2.75, 3.05) is 0 Å². The molecule has 0 spiro atoms. The molecule has 0 saturated carbocycles. The van der Waals surface area contributed by atoms with Gasteiger partial charge in [0.25, 0.3) is 5.56 Å². The number of nitrogens with zero attached hydrogens (tertiary/aromatic N) is 2. The van der Waals surface area contributed by atoms with E-state index in [1.54, 1.807) is 13.1 Å². The second-order valence-corrected chi connectivity index (χ2v) is 3.80. The molecule has 0 aliphatic heterocycles. The number of H-pyrrole nitrogens is 1. The van der Waals surface area contributed by atoms with Crippen LogP contribution in [0.25, 0.3) is 11.2 Å². The van der Waals surface area contributed by atoms with Crippen molar-refractivity contribution in [3.63, 3.8) is 0 Å². The van der Waals surface area contributed by atoms with Gasteiger partial charge in [0.15, 0.2) is 5.65 Å². The number of aromatic amines is 1. The van der Waals surface area contributed by atoms with Crippen molar-refractivity contribution >= 4 is 33.8 Å². The summed E-state index contributed by atoms with van der Waals surface area (Å²) in [4.78, 5) is 22.0. The van der Waals surface area contributed by atoms with Crippen molar-refractivity contribution in [2.24, 2.45) is 0 Å². The zero-order valence-electron chi connectivity index (χ0n) is 6.84. The molecule has 0 aliphatic carbocycles. The second-order valence-electron chi connectivity index (χ2n) is 2.64. The molecule has 4 nitrogen and oxygen atoms in total. The summed E-state index contributed by atoms with van der Waals surface area (Å²) in [5.41, 5.74) is 1.59. The van der Waals surface area contributed by atoms with E-state index < -0.39 is 0 Å². The highest BCUT2D eigenvalue weighted by molar-refractivity contribution is 14.1. The normalized spacial score (nSPS) is 10.6. The van der Waals surface area contributed by atoms with Gasteiger partial charge in [0.05, 0.1) is 0 Å². The maximum atomic E-state index is 11.2. The number of hydrogen-bond acceptors (Lipinski definition) is 3. The number of hydrogen-bond donors (Lipinski definition) is 1. The third-order valence-electron chi connectivity index (χ3n) is 1.72. The van der Waals surface area contributed by atoms with Crippen LogP contribution in [0, 0.1) is 10.5 Å². The van der Waals surface area contributed by atoms with Crippen molar-refractivity contribution in [2.45, 2.75) is 6.92 Å². The van der Waals surface area contributed by atoms with E-state index in [-0.39, 0.29) is 5.56 Å². The van der Waals surface area contributed by atoms with Gasteiger partial charge in [-0.05, 0) is 35.6 Å². The predicted molar refractivity (Wildman–Crippen MR) is 57.6 cm³/mol. The number of aromatic nitrogens is 3. The summed E-state index contributed by atoms with van der Waals surface area (Å²) >= 11 is 2.16. The summed E-state index contributed by atoms with van der Waals surface area (Å²) in [6, 6.07) is 1.85. The van der Waals surface area contributed by atoms with E-state index in [2.05, 4.69) is 37.5 Å². The van der Waals surface area contributed by atoms with Crippen LogP contribution in [-0.2, 0) is 0 Å². The molecule has 0 amide bonds. The lowest BCUT2D eigenvalue weighted by Gasteiger charge is -1.98. The highest BCUT2D eigenvalue weighted by Crippen LogP contribution is 2.12. The lowest BCUT2D eigenvalue weighted by Crippen LogP contribution is -2.12. The van der Waals surface area contributed by atoms with E-state index in [9.17, 15) is 4.79 Å². The van der Waals surface area contributed by atoms with E-state index >= 15 is 0 Å². The zero-order chi connectivity index (χ0) is 9.42. The fraction of sp³-hybridized carbons (Fsp3) is 0.125. The smallest absolute Gasteiger partial charge is 0.270 e. The number of aryl methyl sites for hydroxylation is 1. The molecule has 5 heteroatoms. The van der Waals surface area contributed by atoms with Crippen LogP contribution in [0.1, 0.15) is 5.69 Å². The Kier molecular flexibility index (Phi) is 2.03. The van der Waals surface area contributed by atoms with Gasteiger partial charge in [0.1, 0.15) is 11.2 Å². The molecule has 0 radical (unpaired) electrons. The molecule has 1 N–H and O–H groups in total. The second kappa shape index (κ2) is 3.06. The first-order chi connectivity index (χ1) is 6.18. The molecule has 13 heavy (non-hydrogen) atoms. The van der Waals surface area contributed by atoms with E-state index in [0.717, 1.165) is 9.09 Å². The molecule has 0 saturated heterocycles. The maximum Gasteiger partial charge on any atom is 0.270 e. The Bertz CT molecular complexity index is 520. The van der Waals surface area contributed by atoms with Gasteiger partial charge >= 0.3 is 0 Å². The topological polar surface area (TPSA) is 58.6 Å². The Morgan fingerprint density at radius 3 is 3.08 bits per heavy atom. The Morgan fingerprint density at radius 2 is 2.31 bits per heavy atom. The lowest BCUT2D eigenvalue weighted by atomic mass is 10.4. The van der Waals surface area contributed by atoms with Gasteiger partial charge in [-0.2, -0.15) is 0 Å². The molecule has 0 fully saturated rings. The number of fused-ring (bicyclic) bond motifs is 1. The first-order valence-corrected chi connectivity index (χ1v) is 4.77. The molecule has 0 aliphatic rings. The van der Waals surface area contributed by atoms with Crippen molar-refractivity contribution in [1.29, 1.82) is 0 Å². The fourth-order valence-corrected chi connectivity index (χ4v) is 1.58. The average Bonchev–Trinajstić information content (AvgIpc) is 2.09. The fourth-order valence-electron chi connectivity index (χ4n) is 1.04. The number of nitrogens with one attached hydrogen (secondary N) is 1. The monoisotopic (exact) mass is 287 g/mol. The van der Waals surface area contributed by atoms with Crippen LogP contribution < -0.4 is 5.56 Å². The van der Waals surface area contributed by atoms with Gasteiger partial charge < -0.3 is 4.98 Å². The van der Waals surface area contributed by atoms with E-state index in [4.69, 9.17) is 0 Å². The van der Waals surface area contributed by atoms with Gasteiger partial charge in [-0.1, -0.05) is 0 Å². The number of rotatable bonds is 0. The average molecular weight is 287 g/mol. The predicted octanol–water partition coefficient (Wildman–Crippen LogP) is 1.23. The third-order valence-corrected chi connectivity index (χ3v) is 2.59. The van der Waals surface area contributed by atoms with Crippen LogP contribution >= 0.6 is 22.6 Å². The van der Waals surface area contributed by atoms with Gasteiger partial charge in [-0.3, -0.25) is 4.79 Å². The lowest BCUT2D eigenvalue weighted by molar-refractivity contribution is 1.09. The molecule has 66 valence electrons. The molecular weight excluding hydrogens is 281 g/mol. The first-order valence-electron chi connectivity index (χ1n) is 3.69. The molecule has 0 bridgehead atoms. The summed E-state index contributed by atoms with van der Waals surface area (Å²) in [5, 5.41) is 0. The molecule has 2 heterocycles. The standard InChI is InChI=1S/C8H6IN3O/c1-4-8(13)12-7-6(11-4)5(9)2-3-10-7/h2-3H,1H3,(H,10,12,13). The molecule has 0 aromatic carbocycles. The SMILES string of the molecule is Cc1nc2c(I)ccnc2[nH]c1=O. The highest BCUT2D eigenvalue weighted by Gasteiger charge is 2.03. The Hall–Kier alpha value is -0.980. The summed E-state index contributed by atoms with van der Waals surface area (Å²) < 4.78 is 0.988. The minimum absolute atomic E-state index is 0.179. The first kappa shape index (κ1) is 8.61. The van der Waals surface area contributed by atoms with Crippen molar-refractivity contribution in [1.82, 2.24) is 15.0 Å². The maximum absolute atomic E-state index is 11.2. The largest absolute Gasteiger partial charge is 0.304 e. The van der Waals surface area contributed by atoms with E-state index in [1.807, 2.05) is 6.07 Å². The molecule has 2 rings (SSSR count). The molecular formula is C8H6IN3O. The summed E-state index contributed by atoms with van der Waals surface area (Å²) in [7, 11) is 0. The highest BCUT2D eigenvalue weighted by atomic mass is 127. The van der Waals surface area contributed by atoms with Gasteiger partial charge in [-0.25, -0.2) is 9.97 Å². The van der Waals surface area contributed by atoms with Crippen LogP contribution in [0.15, 0.2) is 17.1 Å². The quantitative estimate of drug-likeness (QED) is 0.741. The van der Waals surface area contributed by atoms with E-state index in [0.29, 0.717) is 11.3 Å². The van der Waals surface area contributed by atoms with Gasteiger partial charge in [0.2, 0.25) is 0 Å². The minimum atomic E-state index is -0.179. The summed E-state index contributed by atoms with van der Waals surface area (Å²) in [6.45, 7) is 1.68. The zero-order valence-corrected chi connectivity index (χ0v) is 8.99.